The minimum atomic E-state index is -0.235. The first-order chi connectivity index (χ1) is 10.7. The molecule has 0 saturated heterocycles. The Labute approximate surface area is 163 Å². The number of ether oxygens (including phenoxy) is 1. The highest BCUT2D eigenvalue weighted by molar-refractivity contribution is 14.0. The summed E-state index contributed by atoms with van der Waals surface area (Å²) in [6, 6.07) is 5.09. The number of halogens is 3. The van der Waals surface area contributed by atoms with Gasteiger partial charge in [-0.2, -0.15) is 0 Å². The Bertz CT molecular complexity index is 475. The molecule has 0 aliphatic heterocycles. The Morgan fingerprint density at radius 2 is 2.09 bits per heavy atom. The molecule has 23 heavy (non-hydrogen) atoms. The molecule has 1 aromatic rings. The molecule has 132 valence electrons. The van der Waals surface area contributed by atoms with E-state index in [0.717, 1.165) is 57.2 Å². The van der Waals surface area contributed by atoms with Crippen molar-refractivity contribution in [3.05, 3.63) is 34.1 Å². The smallest absolute Gasteiger partial charge is 0.191 e. The third-order valence-corrected chi connectivity index (χ3v) is 3.56. The van der Waals surface area contributed by atoms with Crippen LogP contribution in [-0.2, 0) is 11.2 Å². The molecule has 1 aromatic carbocycles. The van der Waals surface area contributed by atoms with E-state index in [9.17, 15) is 4.39 Å². The average Bonchev–Trinajstić information content (AvgIpc) is 2.50. The lowest BCUT2D eigenvalue weighted by Gasteiger charge is -2.11. The number of nitrogens with zero attached hydrogens (tertiary/aromatic N) is 1. The van der Waals surface area contributed by atoms with Gasteiger partial charge < -0.3 is 15.4 Å². The lowest BCUT2D eigenvalue weighted by Crippen LogP contribution is -2.38. The highest BCUT2D eigenvalue weighted by atomic mass is 127. The summed E-state index contributed by atoms with van der Waals surface area (Å²) in [5.41, 5.74) is 1.08. The maximum Gasteiger partial charge on any atom is 0.191 e. The van der Waals surface area contributed by atoms with Crippen LogP contribution in [0.25, 0.3) is 0 Å². The van der Waals surface area contributed by atoms with Crippen LogP contribution in [0.4, 0.5) is 4.39 Å². The Kier molecular flexibility index (Phi) is 13.7. The van der Waals surface area contributed by atoms with Crippen molar-refractivity contribution in [2.75, 3.05) is 32.8 Å². The Balaban J connectivity index is 0.00000484. The zero-order chi connectivity index (χ0) is 16.2. The van der Waals surface area contributed by atoms with Gasteiger partial charge in [0.2, 0.25) is 0 Å². The first-order valence-corrected chi connectivity index (χ1v) is 8.50. The van der Waals surface area contributed by atoms with Gasteiger partial charge in [0.1, 0.15) is 5.82 Å². The third-order valence-electron chi connectivity index (χ3n) is 2.96. The van der Waals surface area contributed by atoms with E-state index in [4.69, 9.17) is 4.74 Å². The first kappa shape index (κ1) is 22.6. The molecule has 0 saturated carbocycles. The molecule has 0 aromatic heterocycles. The lowest BCUT2D eigenvalue weighted by atomic mass is 10.1. The van der Waals surface area contributed by atoms with Gasteiger partial charge in [-0.05, 0) is 60.3 Å². The average molecular weight is 502 g/mol. The van der Waals surface area contributed by atoms with Gasteiger partial charge in [-0.3, -0.25) is 4.99 Å². The summed E-state index contributed by atoms with van der Waals surface area (Å²) in [7, 11) is 0. The van der Waals surface area contributed by atoms with Crippen LogP contribution in [0.3, 0.4) is 0 Å². The molecule has 0 bridgehead atoms. The monoisotopic (exact) mass is 501 g/mol. The van der Waals surface area contributed by atoms with Crippen molar-refractivity contribution in [1.29, 1.82) is 0 Å². The van der Waals surface area contributed by atoms with E-state index >= 15 is 0 Å². The van der Waals surface area contributed by atoms with Crippen molar-refractivity contribution >= 4 is 45.9 Å². The van der Waals surface area contributed by atoms with Crippen molar-refractivity contribution < 1.29 is 9.13 Å². The van der Waals surface area contributed by atoms with E-state index in [1.54, 1.807) is 6.07 Å². The van der Waals surface area contributed by atoms with E-state index in [1.165, 1.54) is 6.07 Å². The predicted octanol–water partition coefficient (Wildman–Crippen LogP) is 3.73. The van der Waals surface area contributed by atoms with Crippen molar-refractivity contribution in [2.45, 2.75) is 26.7 Å². The second kappa shape index (κ2) is 14.0. The molecule has 0 fully saturated rings. The Morgan fingerprint density at radius 3 is 2.74 bits per heavy atom. The number of aliphatic imine (C=N–C) groups is 1. The molecule has 0 unspecified atom stereocenters. The van der Waals surface area contributed by atoms with Crippen LogP contribution >= 0.6 is 39.9 Å². The molecular formula is C16H26BrFIN3O. The molecule has 0 spiro atoms. The number of hydrogen-bond donors (Lipinski definition) is 2. The predicted molar refractivity (Wildman–Crippen MR) is 108 cm³/mol. The van der Waals surface area contributed by atoms with Gasteiger partial charge in [-0.1, -0.05) is 6.07 Å². The van der Waals surface area contributed by atoms with Crippen molar-refractivity contribution in [2.24, 2.45) is 4.99 Å². The minimum absolute atomic E-state index is 0. The number of benzene rings is 1. The van der Waals surface area contributed by atoms with Crippen LogP contribution in [0, 0.1) is 5.82 Å². The quantitative estimate of drug-likeness (QED) is 0.234. The fraction of sp³-hybridized carbons (Fsp3) is 0.562. The van der Waals surface area contributed by atoms with Crippen LogP contribution in [0.1, 0.15) is 25.8 Å². The summed E-state index contributed by atoms with van der Waals surface area (Å²) in [6.45, 7) is 7.81. The van der Waals surface area contributed by atoms with E-state index in [1.807, 2.05) is 19.9 Å². The second-order valence-electron chi connectivity index (χ2n) is 4.74. The second-order valence-corrected chi connectivity index (χ2v) is 5.59. The zero-order valence-electron chi connectivity index (χ0n) is 13.7. The number of rotatable bonds is 9. The van der Waals surface area contributed by atoms with Crippen molar-refractivity contribution in [3.8, 4) is 0 Å². The Hall–Kier alpha value is -0.410. The number of nitrogens with one attached hydrogen (secondary N) is 2. The van der Waals surface area contributed by atoms with Crippen LogP contribution in [0.5, 0.6) is 0 Å². The maximum absolute atomic E-state index is 13.2. The fourth-order valence-electron chi connectivity index (χ4n) is 1.86. The van der Waals surface area contributed by atoms with E-state index in [2.05, 4.69) is 31.6 Å². The molecular weight excluding hydrogens is 476 g/mol. The Morgan fingerprint density at radius 1 is 1.30 bits per heavy atom. The van der Waals surface area contributed by atoms with Crippen molar-refractivity contribution in [3.63, 3.8) is 0 Å². The van der Waals surface area contributed by atoms with Gasteiger partial charge in [0.05, 0.1) is 4.47 Å². The summed E-state index contributed by atoms with van der Waals surface area (Å²) in [5.74, 6) is 0.570. The maximum atomic E-state index is 13.2. The van der Waals surface area contributed by atoms with Crippen molar-refractivity contribution in [1.82, 2.24) is 10.6 Å². The molecule has 0 radical (unpaired) electrons. The van der Waals surface area contributed by atoms with Gasteiger partial charge in [-0.15, -0.1) is 24.0 Å². The molecule has 0 amide bonds. The lowest BCUT2D eigenvalue weighted by molar-refractivity contribution is 0.146. The summed E-state index contributed by atoms with van der Waals surface area (Å²) < 4.78 is 19.0. The van der Waals surface area contributed by atoms with Crippen LogP contribution in [0.15, 0.2) is 27.7 Å². The largest absolute Gasteiger partial charge is 0.382 e. The number of hydrogen-bond acceptors (Lipinski definition) is 2. The van der Waals surface area contributed by atoms with Gasteiger partial charge in [0, 0.05) is 32.8 Å². The molecule has 0 heterocycles. The van der Waals surface area contributed by atoms with Crippen LogP contribution < -0.4 is 10.6 Å². The minimum Gasteiger partial charge on any atom is -0.382 e. The first-order valence-electron chi connectivity index (χ1n) is 7.71. The third kappa shape index (κ3) is 10.1. The SMILES string of the molecule is CCNC(=NCCCOCC)NCCc1ccc(F)c(Br)c1.I. The zero-order valence-corrected chi connectivity index (χ0v) is 17.6. The van der Waals surface area contributed by atoms with E-state index in [-0.39, 0.29) is 29.8 Å². The molecule has 0 aliphatic rings. The molecule has 4 nitrogen and oxygen atoms in total. The van der Waals surface area contributed by atoms with E-state index in [0.29, 0.717) is 4.47 Å². The molecule has 1 rings (SSSR count). The molecule has 7 heteroatoms. The summed E-state index contributed by atoms with van der Waals surface area (Å²) in [6.07, 6.45) is 1.72. The van der Waals surface area contributed by atoms with Gasteiger partial charge in [0.25, 0.3) is 0 Å². The molecule has 0 aliphatic carbocycles. The van der Waals surface area contributed by atoms with Gasteiger partial charge >= 0.3 is 0 Å². The van der Waals surface area contributed by atoms with Crippen LogP contribution in [-0.4, -0.2) is 38.8 Å². The summed E-state index contributed by atoms with van der Waals surface area (Å²) in [4.78, 5) is 4.49. The van der Waals surface area contributed by atoms with Crippen LogP contribution in [0.2, 0.25) is 0 Å². The topological polar surface area (TPSA) is 45.7 Å². The number of guanidine groups is 1. The fourth-order valence-corrected chi connectivity index (χ4v) is 2.29. The van der Waals surface area contributed by atoms with Gasteiger partial charge in [0.15, 0.2) is 5.96 Å². The van der Waals surface area contributed by atoms with Gasteiger partial charge in [-0.25, -0.2) is 4.39 Å². The molecule has 0 atom stereocenters. The normalized spacial score (nSPS) is 11.0. The summed E-state index contributed by atoms with van der Waals surface area (Å²) >= 11 is 3.20. The highest BCUT2D eigenvalue weighted by Gasteiger charge is 2.01. The molecule has 2 N–H and O–H groups in total. The summed E-state index contributed by atoms with van der Waals surface area (Å²) in [5, 5.41) is 6.49. The highest BCUT2D eigenvalue weighted by Crippen LogP contribution is 2.16. The van der Waals surface area contributed by atoms with E-state index < -0.39 is 0 Å². The standard InChI is InChI=1S/C16H25BrFN3O.HI/c1-3-19-16(20-9-5-11-22-4-2)21-10-8-13-6-7-15(18)14(17)12-13;/h6-7,12H,3-5,8-11H2,1-2H3,(H2,19,20,21);1H.